The van der Waals surface area contributed by atoms with Gasteiger partial charge in [0.2, 0.25) is 0 Å². The molecule has 0 unspecified atom stereocenters. The number of nitrogens with one attached hydrogen (secondary N) is 1. The van der Waals surface area contributed by atoms with Gasteiger partial charge in [-0.3, -0.25) is 4.90 Å². The van der Waals surface area contributed by atoms with E-state index in [1.165, 1.54) is 6.07 Å². The Kier molecular flexibility index (Phi) is 4.77. The normalized spacial score (nSPS) is 20.1. The summed E-state index contributed by atoms with van der Waals surface area (Å²) in [7, 11) is 1.98. The summed E-state index contributed by atoms with van der Waals surface area (Å²) in [5.41, 5.74) is 2.53. The molecule has 2 aromatic heterocycles. The molecule has 154 valence electrons. The Bertz CT molecular complexity index is 1130. The van der Waals surface area contributed by atoms with Crippen LogP contribution in [0, 0.1) is 11.3 Å². The van der Waals surface area contributed by atoms with Gasteiger partial charge in [0.15, 0.2) is 5.82 Å². The molecule has 5 rings (SSSR count). The van der Waals surface area contributed by atoms with Crippen molar-refractivity contribution in [3.8, 4) is 23.1 Å². The number of aromatic hydroxyl groups is 1. The van der Waals surface area contributed by atoms with Gasteiger partial charge in [-0.1, -0.05) is 0 Å². The lowest BCUT2D eigenvalue weighted by Crippen LogP contribution is -2.54. The first-order valence-corrected chi connectivity index (χ1v) is 10.3. The number of phenols is 1. The van der Waals surface area contributed by atoms with E-state index in [1.807, 2.05) is 29.9 Å². The van der Waals surface area contributed by atoms with Crippen LogP contribution in [0.25, 0.3) is 22.2 Å². The molecule has 0 amide bonds. The molecule has 2 aliphatic rings. The molecule has 8 nitrogen and oxygen atoms in total. The molecule has 1 atom stereocenters. The van der Waals surface area contributed by atoms with Crippen LogP contribution in [0.2, 0.25) is 0 Å². The number of hydrogen-bond donors (Lipinski definition) is 2. The minimum absolute atomic E-state index is 0.0276. The van der Waals surface area contributed by atoms with Crippen LogP contribution in [0.1, 0.15) is 18.4 Å². The highest BCUT2D eigenvalue weighted by Gasteiger charge is 2.31. The smallest absolute Gasteiger partial charge is 0.173 e. The summed E-state index contributed by atoms with van der Waals surface area (Å²) >= 11 is 0. The maximum absolute atomic E-state index is 10.4. The van der Waals surface area contributed by atoms with Gasteiger partial charge in [-0.25, -0.2) is 0 Å². The first kappa shape index (κ1) is 18.9. The molecule has 1 aromatic carbocycles. The third-order valence-electron chi connectivity index (χ3n) is 6.11. The van der Waals surface area contributed by atoms with Gasteiger partial charge in [0.05, 0.1) is 36.4 Å². The first-order chi connectivity index (χ1) is 14.6. The minimum atomic E-state index is 0.0276. The van der Waals surface area contributed by atoms with Crippen molar-refractivity contribution in [3.63, 3.8) is 0 Å². The zero-order valence-corrected chi connectivity index (χ0v) is 16.9. The predicted molar refractivity (Wildman–Crippen MR) is 113 cm³/mol. The van der Waals surface area contributed by atoms with E-state index in [1.54, 1.807) is 12.1 Å². The van der Waals surface area contributed by atoms with Crippen molar-refractivity contribution >= 4 is 16.7 Å². The van der Waals surface area contributed by atoms with Crippen LogP contribution in [-0.2, 0) is 11.8 Å². The zero-order chi connectivity index (χ0) is 20.7. The monoisotopic (exact) mass is 404 g/mol. The summed E-state index contributed by atoms with van der Waals surface area (Å²) in [4.78, 5) is 2.50. The van der Waals surface area contributed by atoms with E-state index in [-0.39, 0.29) is 5.75 Å². The number of aryl methyl sites for hydroxylation is 1. The van der Waals surface area contributed by atoms with Crippen LogP contribution in [0.4, 0.5) is 5.82 Å². The quantitative estimate of drug-likeness (QED) is 0.689. The van der Waals surface area contributed by atoms with Crippen LogP contribution in [0.3, 0.4) is 0 Å². The molecule has 0 aliphatic carbocycles. The number of hydrogen-bond acceptors (Lipinski definition) is 7. The zero-order valence-electron chi connectivity index (χ0n) is 16.9. The van der Waals surface area contributed by atoms with Crippen molar-refractivity contribution in [2.75, 3.05) is 31.6 Å². The maximum atomic E-state index is 10.4. The Labute approximate surface area is 174 Å². The molecule has 2 N–H and O–H groups in total. The van der Waals surface area contributed by atoms with Crippen LogP contribution in [0.15, 0.2) is 30.5 Å². The Morgan fingerprint density at radius 2 is 2.13 bits per heavy atom. The number of piperidine rings is 1. The van der Waals surface area contributed by atoms with E-state index in [0.717, 1.165) is 55.9 Å². The van der Waals surface area contributed by atoms with Gasteiger partial charge >= 0.3 is 0 Å². The highest BCUT2D eigenvalue weighted by atomic mass is 16.5. The number of nitriles is 1. The number of anilines is 1. The molecule has 2 aliphatic heterocycles. The van der Waals surface area contributed by atoms with Crippen LogP contribution < -0.4 is 5.32 Å². The number of rotatable bonds is 4. The van der Waals surface area contributed by atoms with E-state index < -0.39 is 0 Å². The maximum Gasteiger partial charge on any atom is 0.173 e. The van der Waals surface area contributed by atoms with Crippen molar-refractivity contribution in [2.24, 2.45) is 7.05 Å². The predicted octanol–water partition coefficient (Wildman–Crippen LogP) is 2.49. The van der Waals surface area contributed by atoms with Gasteiger partial charge in [0, 0.05) is 36.8 Å². The lowest BCUT2D eigenvalue weighted by Gasteiger charge is -2.42. The van der Waals surface area contributed by atoms with E-state index >= 15 is 0 Å². The number of likely N-dealkylation sites (tertiary alicyclic amines) is 1. The van der Waals surface area contributed by atoms with Gasteiger partial charge in [-0.2, -0.15) is 5.26 Å². The molecule has 0 saturated carbocycles. The summed E-state index contributed by atoms with van der Waals surface area (Å²) in [6.07, 6.45) is 4.22. The number of ether oxygens (including phenoxy) is 1. The molecular formula is C22H24N6O2. The second-order valence-corrected chi connectivity index (χ2v) is 8.10. The van der Waals surface area contributed by atoms with Crippen molar-refractivity contribution in [3.05, 3.63) is 36.0 Å². The van der Waals surface area contributed by atoms with Crippen molar-refractivity contribution in [1.29, 1.82) is 5.26 Å². The van der Waals surface area contributed by atoms with Crippen molar-refractivity contribution in [1.82, 2.24) is 19.7 Å². The van der Waals surface area contributed by atoms with Crippen LogP contribution in [0.5, 0.6) is 5.75 Å². The summed E-state index contributed by atoms with van der Waals surface area (Å²) < 4.78 is 7.38. The summed E-state index contributed by atoms with van der Waals surface area (Å²) in [5, 5.41) is 33.0. The van der Waals surface area contributed by atoms with Crippen LogP contribution in [-0.4, -0.2) is 63.2 Å². The fraction of sp³-hybridized carbons (Fsp3) is 0.409. The van der Waals surface area contributed by atoms with Crippen molar-refractivity contribution < 1.29 is 9.84 Å². The lowest BCUT2D eigenvalue weighted by molar-refractivity contribution is -0.0710. The van der Waals surface area contributed by atoms with E-state index in [4.69, 9.17) is 10.00 Å². The number of phenolic OH excluding ortho intramolecular Hbond substituents is 1. The van der Waals surface area contributed by atoms with Gasteiger partial charge in [0.1, 0.15) is 11.4 Å². The molecule has 8 heteroatoms. The molecular weight excluding hydrogens is 380 g/mol. The van der Waals surface area contributed by atoms with Gasteiger partial charge < -0.3 is 19.7 Å². The summed E-state index contributed by atoms with van der Waals surface area (Å²) in [5.74, 6) is 0.783. The van der Waals surface area contributed by atoms with Gasteiger partial charge in [-0.05, 0) is 43.7 Å². The fourth-order valence-electron chi connectivity index (χ4n) is 4.40. The Balaban J connectivity index is 1.47. The van der Waals surface area contributed by atoms with Gasteiger partial charge in [-0.15, -0.1) is 10.2 Å². The third-order valence-corrected chi connectivity index (χ3v) is 6.11. The first-order valence-electron chi connectivity index (χ1n) is 10.3. The number of benzene rings is 1. The molecule has 2 fully saturated rings. The second kappa shape index (κ2) is 7.59. The van der Waals surface area contributed by atoms with Crippen molar-refractivity contribution in [2.45, 2.75) is 24.9 Å². The van der Waals surface area contributed by atoms with Crippen LogP contribution >= 0.6 is 0 Å². The second-order valence-electron chi connectivity index (χ2n) is 8.10. The third kappa shape index (κ3) is 3.26. The average Bonchev–Trinajstić information content (AvgIpc) is 3.10. The molecule has 30 heavy (non-hydrogen) atoms. The number of fused-ring (bicyclic) bond motifs is 1. The van der Waals surface area contributed by atoms with E-state index in [2.05, 4.69) is 20.4 Å². The number of nitrogens with zero attached hydrogens (tertiary/aromatic N) is 5. The Morgan fingerprint density at radius 3 is 2.87 bits per heavy atom. The highest BCUT2D eigenvalue weighted by molar-refractivity contribution is 5.99. The van der Waals surface area contributed by atoms with E-state index in [9.17, 15) is 5.11 Å². The topological polar surface area (TPSA) is 99.2 Å². The van der Waals surface area contributed by atoms with Gasteiger partial charge in [0.25, 0.3) is 0 Å². The molecule has 0 spiro atoms. The molecule has 0 bridgehead atoms. The molecule has 2 saturated heterocycles. The lowest BCUT2D eigenvalue weighted by atomic mass is 10.0. The molecule has 3 aromatic rings. The minimum Gasteiger partial charge on any atom is -0.507 e. The SMILES string of the molecule is Cn1ccc2c(-c3ccc(C#N)cc3O)nnc(N[C@@H]3CCCN(C4COC4)C3)c21. The Morgan fingerprint density at radius 1 is 1.27 bits per heavy atom. The molecule has 0 radical (unpaired) electrons. The summed E-state index contributed by atoms with van der Waals surface area (Å²) in [6, 6.07) is 9.73. The van der Waals surface area contributed by atoms with E-state index in [0.29, 0.717) is 28.9 Å². The average molecular weight is 404 g/mol. The number of aromatic nitrogens is 3. The largest absolute Gasteiger partial charge is 0.507 e. The highest BCUT2D eigenvalue weighted by Crippen LogP contribution is 2.35. The summed E-state index contributed by atoms with van der Waals surface area (Å²) in [6.45, 7) is 3.75. The Hall–Kier alpha value is -3.15. The standard InChI is InChI=1S/C22H24N6O2/c1-27-8-6-18-20(17-5-4-14(10-23)9-19(17)29)25-26-22(21(18)27)24-15-3-2-7-28(11-15)16-12-30-13-16/h4-6,8-9,15-16,29H,2-3,7,11-13H2,1H3,(H,24,26)/t15-/m1/s1. The fourth-order valence-corrected chi connectivity index (χ4v) is 4.40. The molecule has 4 heterocycles.